The van der Waals surface area contributed by atoms with E-state index in [9.17, 15) is 4.79 Å². The number of nitrogens with zero attached hydrogens (tertiary/aromatic N) is 2. The standard InChI is InChI=1S/C21H19ClN2O4/c1-12-8-14(4-5-16(12)22)28-20-11-17-15-10-19(27-3)18(26-2)9-13(15)6-7-24(17)21(25)23-20/h4-5,8-11H,6-7H2,1-3H3. The predicted molar refractivity (Wildman–Crippen MR) is 107 cm³/mol. The molecular weight excluding hydrogens is 380 g/mol. The highest BCUT2D eigenvalue weighted by Gasteiger charge is 2.22. The van der Waals surface area contributed by atoms with Gasteiger partial charge in [0.05, 0.1) is 19.9 Å². The highest BCUT2D eigenvalue weighted by Crippen LogP contribution is 2.38. The summed E-state index contributed by atoms with van der Waals surface area (Å²) in [4.78, 5) is 16.7. The quantitative estimate of drug-likeness (QED) is 0.657. The number of aromatic nitrogens is 2. The zero-order valence-corrected chi connectivity index (χ0v) is 16.5. The summed E-state index contributed by atoms with van der Waals surface area (Å²) in [7, 11) is 3.19. The van der Waals surface area contributed by atoms with Gasteiger partial charge in [0, 0.05) is 23.2 Å². The van der Waals surface area contributed by atoms with Crippen LogP contribution in [-0.4, -0.2) is 23.8 Å². The molecule has 1 aliphatic heterocycles. The van der Waals surface area contributed by atoms with Gasteiger partial charge >= 0.3 is 5.69 Å². The van der Waals surface area contributed by atoms with Gasteiger partial charge in [0.25, 0.3) is 0 Å². The lowest BCUT2D eigenvalue weighted by Gasteiger charge is -2.23. The van der Waals surface area contributed by atoms with Crippen molar-refractivity contribution in [1.82, 2.24) is 9.55 Å². The monoisotopic (exact) mass is 398 g/mol. The van der Waals surface area contributed by atoms with Crippen LogP contribution < -0.4 is 19.9 Å². The fourth-order valence-electron chi connectivity index (χ4n) is 3.38. The lowest BCUT2D eigenvalue weighted by molar-refractivity contribution is 0.354. The molecule has 0 saturated heterocycles. The number of methoxy groups -OCH3 is 2. The van der Waals surface area contributed by atoms with Crippen molar-refractivity contribution in [2.75, 3.05) is 14.2 Å². The number of hydrogen-bond donors (Lipinski definition) is 0. The van der Waals surface area contributed by atoms with Crippen molar-refractivity contribution in [2.24, 2.45) is 0 Å². The summed E-state index contributed by atoms with van der Waals surface area (Å²) in [5.41, 5.74) is 3.26. The molecule has 0 bridgehead atoms. The second-order valence-electron chi connectivity index (χ2n) is 6.54. The van der Waals surface area contributed by atoms with E-state index in [1.807, 2.05) is 25.1 Å². The smallest absolute Gasteiger partial charge is 0.351 e. The number of fused-ring (bicyclic) bond motifs is 3. The van der Waals surface area contributed by atoms with Gasteiger partial charge in [0.1, 0.15) is 5.75 Å². The van der Waals surface area contributed by atoms with Gasteiger partial charge in [-0.15, -0.1) is 0 Å². The lowest BCUT2D eigenvalue weighted by Crippen LogP contribution is -2.28. The highest BCUT2D eigenvalue weighted by molar-refractivity contribution is 6.31. The Labute approximate surface area is 167 Å². The van der Waals surface area contributed by atoms with Crippen molar-refractivity contribution < 1.29 is 14.2 Å². The van der Waals surface area contributed by atoms with Crippen molar-refractivity contribution >= 4 is 11.6 Å². The van der Waals surface area contributed by atoms with E-state index in [2.05, 4.69) is 4.98 Å². The van der Waals surface area contributed by atoms with Crippen molar-refractivity contribution in [3.8, 4) is 34.4 Å². The van der Waals surface area contributed by atoms with Gasteiger partial charge in [-0.2, -0.15) is 4.98 Å². The maximum atomic E-state index is 12.6. The molecule has 0 saturated carbocycles. The van der Waals surface area contributed by atoms with E-state index in [1.165, 1.54) is 0 Å². The third-order valence-corrected chi connectivity index (χ3v) is 5.25. The van der Waals surface area contributed by atoms with Crippen LogP contribution in [0.5, 0.6) is 23.1 Å². The average Bonchev–Trinajstić information content (AvgIpc) is 2.69. The first-order chi connectivity index (χ1) is 13.5. The Morgan fingerprint density at radius 2 is 1.82 bits per heavy atom. The second kappa shape index (κ2) is 7.20. The first kappa shape index (κ1) is 18.4. The molecule has 0 unspecified atom stereocenters. The summed E-state index contributed by atoms with van der Waals surface area (Å²) in [6.45, 7) is 2.43. The molecule has 3 aromatic rings. The van der Waals surface area contributed by atoms with Crippen molar-refractivity contribution in [3.63, 3.8) is 0 Å². The minimum atomic E-state index is -0.348. The van der Waals surface area contributed by atoms with Gasteiger partial charge in [0.2, 0.25) is 5.88 Å². The van der Waals surface area contributed by atoms with E-state index in [-0.39, 0.29) is 11.6 Å². The molecule has 2 heterocycles. The molecule has 4 rings (SSSR count). The van der Waals surface area contributed by atoms with Crippen LogP contribution >= 0.6 is 11.6 Å². The molecule has 144 valence electrons. The molecule has 28 heavy (non-hydrogen) atoms. The van der Waals surface area contributed by atoms with Crippen LogP contribution in [-0.2, 0) is 13.0 Å². The predicted octanol–water partition coefficient (Wildman–Crippen LogP) is 4.24. The van der Waals surface area contributed by atoms with Gasteiger partial charge in [-0.1, -0.05) is 11.6 Å². The molecule has 2 aromatic carbocycles. The van der Waals surface area contributed by atoms with Gasteiger partial charge in [0.15, 0.2) is 11.5 Å². The molecule has 0 fully saturated rings. The number of ether oxygens (including phenoxy) is 3. The van der Waals surface area contributed by atoms with Crippen LogP contribution in [0, 0.1) is 6.92 Å². The largest absolute Gasteiger partial charge is 0.493 e. The summed E-state index contributed by atoms with van der Waals surface area (Å²) < 4.78 is 18.3. The van der Waals surface area contributed by atoms with E-state index in [0.29, 0.717) is 35.2 Å². The number of rotatable bonds is 4. The highest BCUT2D eigenvalue weighted by atomic mass is 35.5. The van der Waals surface area contributed by atoms with Crippen molar-refractivity contribution in [3.05, 3.63) is 63.0 Å². The van der Waals surface area contributed by atoms with E-state index in [1.54, 1.807) is 37.0 Å². The van der Waals surface area contributed by atoms with Crippen LogP contribution in [0.25, 0.3) is 11.3 Å². The Morgan fingerprint density at radius 1 is 1.07 bits per heavy atom. The summed E-state index contributed by atoms with van der Waals surface area (Å²) in [6, 6.07) is 10.9. The zero-order valence-electron chi connectivity index (χ0n) is 15.8. The summed E-state index contributed by atoms with van der Waals surface area (Å²) in [6.07, 6.45) is 0.709. The Balaban J connectivity index is 1.80. The summed E-state index contributed by atoms with van der Waals surface area (Å²) >= 11 is 6.07. The average molecular weight is 399 g/mol. The third kappa shape index (κ3) is 3.20. The Bertz CT molecular complexity index is 1120. The molecule has 0 amide bonds. The molecule has 1 aromatic heterocycles. The van der Waals surface area contributed by atoms with E-state index in [4.69, 9.17) is 25.8 Å². The molecular formula is C21H19ClN2O4. The number of aryl methyl sites for hydroxylation is 2. The van der Waals surface area contributed by atoms with Gasteiger partial charge in [-0.3, -0.25) is 4.57 Å². The summed E-state index contributed by atoms with van der Waals surface area (Å²) in [5, 5.41) is 0.654. The lowest BCUT2D eigenvalue weighted by atomic mass is 9.97. The number of benzene rings is 2. The molecule has 0 N–H and O–H groups in total. The minimum absolute atomic E-state index is 0.237. The van der Waals surface area contributed by atoms with Crippen LogP contribution in [0.1, 0.15) is 11.1 Å². The first-order valence-electron chi connectivity index (χ1n) is 8.81. The zero-order chi connectivity index (χ0) is 19.8. The normalized spacial score (nSPS) is 12.1. The Morgan fingerprint density at radius 3 is 2.54 bits per heavy atom. The molecule has 0 aliphatic carbocycles. The van der Waals surface area contributed by atoms with E-state index in [0.717, 1.165) is 22.4 Å². The first-order valence-corrected chi connectivity index (χ1v) is 9.19. The number of halogens is 1. The maximum Gasteiger partial charge on any atom is 0.351 e. The van der Waals surface area contributed by atoms with Crippen molar-refractivity contribution in [2.45, 2.75) is 19.9 Å². The van der Waals surface area contributed by atoms with Crippen LogP contribution in [0.15, 0.2) is 41.2 Å². The van der Waals surface area contributed by atoms with Gasteiger partial charge in [-0.25, -0.2) is 4.79 Å². The van der Waals surface area contributed by atoms with E-state index < -0.39 is 0 Å². The van der Waals surface area contributed by atoms with Crippen molar-refractivity contribution in [1.29, 1.82) is 0 Å². The fourth-order valence-corrected chi connectivity index (χ4v) is 3.49. The minimum Gasteiger partial charge on any atom is -0.493 e. The Kier molecular flexibility index (Phi) is 4.73. The molecule has 0 radical (unpaired) electrons. The fraction of sp³-hybridized carbons (Fsp3) is 0.238. The van der Waals surface area contributed by atoms with Crippen LogP contribution in [0.4, 0.5) is 0 Å². The van der Waals surface area contributed by atoms with Gasteiger partial charge in [-0.05, 0) is 54.8 Å². The van der Waals surface area contributed by atoms with E-state index >= 15 is 0 Å². The van der Waals surface area contributed by atoms with Gasteiger partial charge < -0.3 is 14.2 Å². The molecule has 7 heteroatoms. The molecule has 0 atom stereocenters. The number of hydrogen-bond acceptors (Lipinski definition) is 5. The topological polar surface area (TPSA) is 62.6 Å². The third-order valence-electron chi connectivity index (χ3n) is 4.83. The van der Waals surface area contributed by atoms with Crippen LogP contribution in [0.2, 0.25) is 5.02 Å². The maximum absolute atomic E-state index is 12.6. The SMILES string of the molecule is COc1cc2c(cc1OC)-c1cc(Oc3ccc(Cl)c(C)c3)nc(=O)n1CC2. The Hall–Kier alpha value is -2.99. The van der Waals surface area contributed by atoms with Crippen LogP contribution in [0.3, 0.4) is 0 Å². The molecule has 0 spiro atoms. The second-order valence-corrected chi connectivity index (χ2v) is 6.95. The molecule has 6 nitrogen and oxygen atoms in total. The molecule has 1 aliphatic rings. The summed E-state index contributed by atoms with van der Waals surface area (Å²) in [5.74, 6) is 2.08.